The third-order valence-electron chi connectivity index (χ3n) is 4.09. The van der Waals surface area contributed by atoms with Gasteiger partial charge in [-0.1, -0.05) is 0 Å². The summed E-state index contributed by atoms with van der Waals surface area (Å²) in [5, 5.41) is 17.8. The number of thiazole rings is 1. The fourth-order valence-corrected chi connectivity index (χ4v) is 4.17. The Kier molecular flexibility index (Phi) is 4.39. The number of hydrogen-bond donors (Lipinski definition) is 2. The van der Waals surface area contributed by atoms with Gasteiger partial charge in [0.1, 0.15) is 15.5 Å². The standard InChI is InChI=1S/C18H16N2O4S2/c1-18(22,12-4-5-25-8-12)9-20-16(21)15-7-19-17(26-15)11-2-3-13-14(6-11)24-10-23-13/h2-8,22H,9-10H2,1H3,(H,20,21). The molecule has 1 aromatic carbocycles. The molecule has 1 amide bonds. The first-order chi connectivity index (χ1) is 12.5. The summed E-state index contributed by atoms with van der Waals surface area (Å²) in [7, 11) is 0. The van der Waals surface area contributed by atoms with Crippen molar-refractivity contribution in [3.8, 4) is 22.1 Å². The van der Waals surface area contributed by atoms with E-state index in [-0.39, 0.29) is 19.2 Å². The number of nitrogens with zero attached hydrogens (tertiary/aromatic N) is 1. The van der Waals surface area contributed by atoms with Gasteiger partial charge in [-0.2, -0.15) is 11.3 Å². The molecule has 8 heteroatoms. The quantitative estimate of drug-likeness (QED) is 0.701. The molecule has 26 heavy (non-hydrogen) atoms. The van der Waals surface area contributed by atoms with E-state index in [1.807, 2.05) is 35.0 Å². The molecular weight excluding hydrogens is 372 g/mol. The average Bonchev–Trinajstić information content (AvgIpc) is 3.40. The van der Waals surface area contributed by atoms with Crippen molar-refractivity contribution < 1.29 is 19.4 Å². The summed E-state index contributed by atoms with van der Waals surface area (Å²) >= 11 is 2.80. The highest BCUT2D eigenvalue weighted by atomic mass is 32.1. The minimum Gasteiger partial charge on any atom is -0.454 e. The first-order valence-corrected chi connectivity index (χ1v) is 9.68. The highest BCUT2D eigenvalue weighted by Crippen LogP contribution is 2.37. The molecule has 3 aromatic rings. The zero-order valence-electron chi connectivity index (χ0n) is 13.9. The molecule has 0 saturated carbocycles. The second-order valence-corrected chi connectivity index (χ2v) is 7.88. The summed E-state index contributed by atoms with van der Waals surface area (Å²) < 4.78 is 10.7. The molecule has 1 atom stereocenters. The van der Waals surface area contributed by atoms with Crippen LogP contribution in [-0.2, 0) is 5.60 Å². The van der Waals surface area contributed by atoms with Crippen LogP contribution in [0.2, 0.25) is 0 Å². The van der Waals surface area contributed by atoms with Gasteiger partial charge in [-0.15, -0.1) is 11.3 Å². The minimum atomic E-state index is -1.11. The smallest absolute Gasteiger partial charge is 0.263 e. The molecule has 0 radical (unpaired) electrons. The lowest BCUT2D eigenvalue weighted by Gasteiger charge is -2.22. The molecule has 6 nitrogen and oxygen atoms in total. The SMILES string of the molecule is CC(O)(CNC(=O)c1cnc(-c2ccc3c(c2)OCO3)s1)c1ccsc1. The number of amides is 1. The van der Waals surface area contributed by atoms with Gasteiger partial charge in [0.25, 0.3) is 5.91 Å². The van der Waals surface area contributed by atoms with Crippen LogP contribution in [0.5, 0.6) is 11.5 Å². The lowest BCUT2D eigenvalue weighted by Crippen LogP contribution is -2.38. The average molecular weight is 388 g/mol. The molecule has 0 fully saturated rings. The number of aliphatic hydroxyl groups is 1. The van der Waals surface area contributed by atoms with Gasteiger partial charge < -0.3 is 19.9 Å². The molecule has 2 N–H and O–H groups in total. The maximum atomic E-state index is 12.4. The van der Waals surface area contributed by atoms with Gasteiger partial charge in [0, 0.05) is 5.56 Å². The van der Waals surface area contributed by atoms with E-state index in [9.17, 15) is 9.90 Å². The number of thiophene rings is 1. The van der Waals surface area contributed by atoms with E-state index in [0.29, 0.717) is 16.4 Å². The van der Waals surface area contributed by atoms with Crippen LogP contribution in [0.1, 0.15) is 22.2 Å². The Hall–Kier alpha value is -2.42. The fraction of sp³-hybridized carbons (Fsp3) is 0.222. The maximum absolute atomic E-state index is 12.4. The van der Waals surface area contributed by atoms with E-state index in [1.54, 1.807) is 13.1 Å². The Bertz CT molecular complexity index is 935. The monoisotopic (exact) mass is 388 g/mol. The number of carbonyl (C=O) groups is 1. The normalized spacial score (nSPS) is 14.8. The summed E-state index contributed by atoms with van der Waals surface area (Å²) in [5.74, 6) is 1.12. The van der Waals surface area contributed by atoms with E-state index in [4.69, 9.17) is 9.47 Å². The Morgan fingerprint density at radius 1 is 1.35 bits per heavy atom. The largest absolute Gasteiger partial charge is 0.454 e. The van der Waals surface area contributed by atoms with Crippen LogP contribution < -0.4 is 14.8 Å². The molecule has 0 spiro atoms. The van der Waals surface area contributed by atoms with Gasteiger partial charge in [0.2, 0.25) is 6.79 Å². The molecule has 0 bridgehead atoms. The number of ether oxygens (including phenoxy) is 2. The molecule has 3 heterocycles. The molecule has 0 aliphatic carbocycles. The van der Waals surface area contributed by atoms with Crippen LogP contribution in [0.25, 0.3) is 10.6 Å². The predicted octanol–water partition coefficient (Wildman–Crippen LogP) is 3.24. The Labute approximate surface area is 158 Å². The van der Waals surface area contributed by atoms with Crippen molar-refractivity contribution >= 4 is 28.6 Å². The van der Waals surface area contributed by atoms with Gasteiger partial charge in [0.05, 0.1) is 12.7 Å². The summed E-state index contributed by atoms with van der Waals surface area (Å²) in [6, 6.07) is 7.41. The summed E-state index contributed by atoms with van der Waals surface area (Å²) in [6.45, 7) is 2.02. The van der Waals surface area contributed by atoms with E-state index in [0.717, 1.165) is 16.1 Å². The highest BCUT2D eigenvalue weighted by Gasteiger charge is 2.25. The lowest BCUT2D eigenvalue weighted by atomic mass is 9.99. The van der Waals surface area contributed by atoms with Crippen molar-refractivity contribution in [2.24, 2.45) is 0 Å². The minimum absolute atomic E-state index is 0.125. The van der Waals surface area contributed by atoms with Gasteiger partial charge in [-0.05, 0) is 47.5 Å². The Balaban J connectivity index is 1.45. The number of rotatable bonds is 5. The Morgan fingerprint density at radius 2 is 2.19 bits per heavy atom. The zero-order valence-corrected chi connectivity index (χ0v) is 15.5. The first kappa shape index (κ1) is 17.0. The van der Waals surface area contributed by atoms with Crippen LogP contribution in [0.3, 0.4) is 0 Å². The second kappa shape index (κ2) is 6.71. The molecule has 1 aliphatic rings. The van der Waals surface area contributed by atoms with Crippen LogP contribution in [0, 0.1) is 0 Å². The topological polar surface area (TPSA) is 80.7 Å². The van der Waals surface area contributed by atoms with Gasteiger partial charge >= 0.3 is 0 Å². The molecule has 1 aliphatic heterocycles. The highest BCUT2D eigenvalue weighted by molar-refractivity contribution is 7.16. The van der Waals surface area contributed by atoms with Crippen LogP contribution in [-0.4, -0.2) is 29.3 Å². The number of fused-ring (bicyclic) bond motifs is 1. The third kappa shape index (κ3) is 3.31. The van der Waals surface area contributed by atoms with Crippen LogP contribution >= 0.6 is 22.7 Å². The van der Waals surface area contributed by atoms with Gasteiger partial charge in [-0.3, -0.25) is 4.79 Å². The van der Waals surface area contributed by atoms with Crippen molar-refractivity contribution in [1.82, 2.24) is 10.3 Å². The summed E-state index contributed by atoms with van der Waals surface area (Å²) in [6.07, 6.45) is 1.54. The van der Waals surface area contributed by atoms with E-state index in [2.05, 4.69) is 10.3 Å². The fourth-order valence-electron chi connectivity index (χ4n) is 2.55. The number of aromatic nitrogens is 1. The predicted molar refractivity (Wildman–Crippen MR) is 99.9 cm³/mol. The maximum Gasteiger partial charge on any atom is 0.263 e. The number of hydrogen-bond acceptors (Lipinski definition) is 7. The summed E-state index contributed by atoms with van der Waals surface area (Å²) in [4.78, 5) is 17.2. The first-order valence-electron chi connectivity index (χ1n) is 7.92. The number of nitrogens with one attached hydrogen (secondary N) is 1. The molecule has 1 unspecified atom stereocenters. The summed E-state index contributed by atoms with van der Waals surface area (Å²) in [5.41, 5.74) is 0.539. The van der Waals surface area contributed by atoms with Crippen LogP contribution in [0.15, 0.2) is 41.2 Å². The Morgan fingerprint density at radius 3 is 3.00 bits per heavy atom. The lowest BCUT2D eigenvalue weighted by molar-refractivity contribution is 0.0531. The molecule has 0 saturated heterocycles. The van der Waals surface area contributed by atoms with Gasteiger partial charge in [-0.25, -0.2) is 4.98 Å². The van der Waals surface area contributed by atoms with E-state index < -0.39 is 5.60 Å². The molecule has 134 valence electrons. The van der Waals surface area contributed by atoms with E-state index in [1.165, 1.54) is 22.7 Å². The molecule has 4 rings (SSSR count). The third-order valence-corrected chi connectivity index (χ3v) is 5.81. The molecule has 2 aromatic heterocycles. The van der Waals surface area contributed by atoms with Crippen molar-refractivity contribution in [3.05, 3.63) is 51.7 Å². The zero-order chi connectivity index (χ0) is 18.1. The molecular formula is C18H16N2O4S2. The van der Waals surface area contributed by atoms with Gasteiger partial charge in [0.15, 0.2) is 11.5 Å². The second-order valence-electron chi connectivity index (χ2n) is 6.07. The van der Waals surface area contributed by atoms with E-state index >= 15 is 0 Å². The van der Waals surface area contributed by atoms with Crippen molar-refractivity contribution in [2.75, 3.05) is 13.3 Å². The van der Waals surface area contributed by atoms with Crippen molar-refractivity contribution in [2.45, 2.75) is 12.5 Å². The van der Waals surface area contributed by atoms with Crippen LogP contribution in [0.4, 0.5) is 0 Å². The van der Waals surface area contributed by atoms with Crippen molar-refractivity contribution in [1.29, 1.82) is 0 Å². The number of benzene rings is 1. The number of carbonyl (C=O) groups excluding carboxylic acids is 1. The van der Waals surface area contributed by atoms with Crippen molar-refractivity contribution in [3.63, 3.8) is 0 Å².